The molecule has 2 aromatic rings. The lowest BCUT2D eigenvalue weighted by atomic mass is 10.1. The van der Waals surface area contributed by atoms with Gasteiger partial charge in [0.15, 0.2) is 0 Å². The second-order valence-electron chi connectivity index (χ2n) is 3.66. The van der Waals surface area contributed by atoms with Crippen molar-refractivity contribution in [1.82, 2.24) is 10.2 Å². The van der Waals surface area contributed by atoms with Crippen molar-refractivity contribution in [2.75, 3.05) is 13.7 Å². The summed E-state index contributed by atoms with van der Waals surface area (Å²) in [6.45, 7) is 0.595. The maximum atomic E-state index is 6.17. The summed E-state index contributed by atoms with van der Waals surface area (Å²) in [7, 11) is 1.61. The van der Waals surface area contributed by atoms with Crippen LogP contribution in [-0.2, 0) is 6.42 Å². The number of aromatic amines is 1. The summed E-state index contributed by atoms with van der Waals surface area (Å²) in [5.41, 5.74) is 8.20. The highest BCUT2D eigenvalue weighted by Crippen LogP contribution is 2.30. The summed E-state index contributed by atoms with van der Waals surface area (Å²) < 4.78 is 5.10. The molecule has 1 aromatic heterocycles. The normalized spacial score (nSPS) is 10.5. The van der Waals surface area contributed by atoms with Crippen LogP contribution in [0.1, 0.15) is 5.69 Å². The van der Waals surface area contributed by atoms with Gasteiger partial charge in [-0.05, 0) is 30.8 Å². The van der Waals surface area contributed by atoms with E-state index in [9.17, 15) is 0 Å². The van der Waals surface area contributed by atoms with Gasteiger partial charge in [-0.3, -0.25) is 5.10 Å². The molecule has 0 unspecified atom stereocenters. The van der Waals surface area contributed by atoms with Crippen molar-refractivity contribution < 1.29 is 4.74 Å². The van der Waals surface area contributed by atoms with Gasteiger partial charge in [0.05, 0.1) is 17.8 Å². The lowest BCUT2D eigenvalue weighted by Crippen LogP contribution is -2.02. The molecule has 5 heteroatoms. The largest absolute Gasteiger partial charge is 0.497 e. The van der Waals surface area contributed by atoms with E-state index in [0.717, 1.165) is 29.1 Å². The number of nitrogens with one attached hydrogen (secondary N) is 1. The van der Waals surface area contributed by atoms with Crippen LogP contribution in [0.2, 0.25) is 5.02 Å². The summed E-state index contributed by atoms with van der Waals surface area (Å²) in [6, 6.07) is 7.48. The maximum absolute atomic E-state index is 6.17. The SMILES string of the molecule is COc1ccc(-c2cc(CCN)[nH]n2)c(Cl)c1. The molecule has 0 spiro atoms. The predicted molar refractivity (Wildman–Crippen MR) is 68.3 cm³/mol. The van der Waals surface area contributed by atoms with Crippen molar-refractivity contribution in [1.29, 1.82) is 0 Å². The van der Waals surface area contributed by atoms with E-state index >= 15 is 0 Å². The molecule has 1 heterocycles. The molecule has 90 valence electrons. The van der Waals surface area contributed by atoms with E-state index in [1.165, 1.54) is 0 Å². The molecule has 1 aromatic carbocycles. The van der Waals surface area contributed by atoms with Crippen molar-refractivity contribution in [2.45, 2.75) is 6.42 Å². The summed E-state index contributed by atoms with van der Waals surface area (Å²) >= 11 is 6.17. The van der Waals surface area contributed by atoms with Crippen molar-refractivity contribution in [2.24, 2.45) is 5.73 Å². The number of H-pyrrole nitrogens is 1. The molecule has 0 aliphatic heterocycles. The maximum Gasteiger partial charge on any atom is 0.120 e. The summed E-state index contributed by atoms with van der Waals surface area (Å²) in [4.78, 5) is 0. The van der Waals surface area contributed by atoms with Crippen molar-refractivity contribution in [3.8, 4) is 17.0 Å². The molecule has 2 rings (SSSR count). The Balaban J connectivity index is 2.32. The Bertz CT molecular complexity index is 510. The zero-order valence-electron chi connectivity index (χ0n) is 9.53. The molecule has 0 aliphatic rings. The number of ether oxygens (including phenoxy) is 1. The highest BCUT2D eigenvalue weighted by atomic mass is 35.5. The van der Waals surface area contributed by atoms with Gasteiger partial charge in [-0.15, -0.1) is 0 Å². The first kappa shape index (κ1) is 12.0. The Morgan fingerprint density at radius 1 is 1.41 bits per heavy atom. The van der Waals surface area contributed by atoms with Gasteiger partial charge in [-0.2, -0.15) is 5.10 Å². The average molecular weight is 252 g/mol. The number of hydrogen-bond acceptors (Lipinski definition) is 3. The monoisotopic (exact) mass is 251 g/mol. The molecule has 0 saturated carbocycles. The van der Waals surface area contributed by atoms with Gasteiger partial charge in [-0.1, -0.05) is 11.6 Å². The zero-order valence-corrected chi connectivity index (χ0v) is 10.3. The second kappa shape index (κ2) is 5.21. The summed E-state index contributed by atoms with van der Waals surface area (Å²) in [5.74, 6) is 0.733. The lowest BCUT2D eigenvalue weighted by molar-refractivity contribution is 0.415. The number of rotatable bonds is 4. The standard InChI is InChI=1S/C12H14ClN3O/c1-17-9-2-3-10(11(13)7-9)12-6-8(4-5-14)15-16-12/h2-3,6-7H,4-5,14H2,1H3,(H,15,16). The Morgan fingerprint density at radius 2 is 2.24 bits per heavy atom. The van der Waals surface area contributed by atoms with Crippen LogP contribution in [0.15, 0.2) is 24.3 Å². The fourth-order valence-electron chi connectivity index (χ4n) is 1.61. The first-order valence-electron chi connectivity index (χ1n) is 5.33. The van der Waals surface area contributed by atoms with E-state index in [1.807, 2.05) is 18.2 Å². The molecule has 3 N–H and O–H groups in total. The number of benzene rings is 1. The Kier molecular flexibility index (Phi) is 3.66. The molecule has 0 saturated heterocycles. The fraction of sp³-hybridized carbons (Fsp3) is 0.250. The van der Waals surface area contributed by atoms with E-state index in [0.29, 0.717) is 11.6 Å². The minimum atomic E-state index is 0.595. The fourth-order valence-corrected chi connectivity index (χ4v) is 1.88. The molecular weight excluding hydrogens is 238 g/mol. The Labute approximate surface area is 105 Å². The van der Waals surface area contributed by atoms with Gasteiger partial charge in [0.25, 0.3) is 0 Å². The number of nitrogens with zero attached hydrogens (tertiary/aromatic N) is 1. The average Bonchev–Trinajstić information content (AvgIpc) is 2.78. The van der Waals surface area contributed by atoms with Crippen LogP contribution < -0.4 is 10.5 Å². The number of hydrogen-bond donors (Lipinski definition) is 2. The van der Waals surface area contributed by atoms with Crippen LogP contribution in [0.5, 0.6) is 5.75 Å². The van der Waals surface area contributed by atoms with Gasteiger partial charge in [0.2, 0.25) is 0 Å². The minimum absolute atomic E-state index is 0.595. The van der Waals surface area contributed by atoms with Crippen LogP contribution in [0.3, 0.4) is 0 Å². The van der Waals surface area contributed by atoms with Gasteiger partial charge in [-0.25, -0.2) is 0 Å². The molecule has 0 bridgehead atoms. The number of halogens is 1. The third-order valence-corrected chi connectivity index (χ3v) is 2.81. The number of aromatic nitrogens is 2. The van der Waals surface area contributed by atoms with Crippen LogP contribution in [0, 0.1) is 0 Å². The van der Waals surface area contributed by atoms with Gasteiger partial charge in [0, 0.05) is 17.7 Å². The lowest BCUT2D eigenvalue weighted by Gasteiger charge is -2.03. The molecule has 0 amide bonds. The van der Waals surface area contributed by atoms with E-state index in [2.05, 4.69) is 10.2 Å². The Morgan fingerprint density at radius 3 is 2.88 bits per heavy atom. The zero-order chi connectivity index (χ0) is 12.3. The molecule has 0 atom stereocenters. The Hall–Kier alpha value is -1.52. The topological polar surface area (TPSA) is 63.9 Å². The third-order valence-electron chi connectivity index (χ3n) is 2.50. The van der Waals surface area contributed by atoms with Crippen molar-refractivity contribution in [3.05, 3.63) is 35.0 Å². The van der Waals surface area contributed by atoms with E-state index < -0.39 is 0 Å². The molecule has 0 aliphatic carbocycles. The van der Waals surface area contributed by atoms with Crippen molar-refractivity contribution >= 4 is 11.6 Å². The number of nitrogens with two attached hydrogens (primary N) is 1. The van der Waals surface area contributed by atoms with Crippen LogP contribution in [-0.4, -0.2) is 23.9 Å². The molecule has 0 fully saturated rings. The number of methoxy groups -OCH3 is 1. The van der Waals surface area contributed by atoms with Crippen LogP contribution in [0.4, 0.5) is 0 Å². The quantitative estimate of drug-likeness (QED) is 0.876. The summed E-state index contributed by atoms with van der Waals surface area (Å²) in [6.07, 6.45) is 0.779. The smallest absolute Gasteiger partial charge is 0.120 e. The predicted octanol–water partition coefficient (Wildman–Crippen LogP) is 2.24. The van der Waals surface area contributed by atoms with Crippen LogP contribution in [0.25, 0.3) is 11.3 Å². The minimum Gasteiger partial charge on any atom is -0.497 e. The second-order valence-corrected chi connectivity index (χ2v) is 4.07. The van der Waals surface area contributed by atoms with E-state index in [1.54, 1.807) is 13.2 Å². The van der Waals surface area contributed by atoms with E-state index in [4.69, 9.17) is 22.1 Å². The molecular formula is C12H14ClN3O. The highest BCUT2D eigenvalue weighted by Gasteiger charge is 2.08. The van der Waals surface area contributed by atoms with Crippen molar-refractivity contribution in [3.63, 3.8) is 0 Å². The van der Waals surface area contributed by atoms with Gasteiger partial charge in [0.1, 0.15) is 5.75 Å². The highest BCUT2D eigenvalue weighted by molar-refractivity contribution is 6.33. The molecule has 0 radical (unpaired) electrons. The molecule has 17 heavy (non-hydrogen) atoms. The first-order chi connectivity index (χ1) is 8.24. The summed E-state index contributed by atoms with van der Waals surface area (Å²) in [5, 5.41) is 7.78. The third kappa shape index (κ3) is 2.60. The molecule has 4 nitrogen and oxygen atoms in total. The van der Waals surface area contributed by atoms with Gasteiger partial charge < -0.3 is 10.5 Å². The first-order valence-corrected chi connectivity index (χ1v) is 5.70. The van der Waals surface area contributed by atoms with Gasteiger partial charge >= 0.3 is 0 Å². The van der Waals surface area contributed by atoms with Crippen LogP contribution >= 0.6 is 11.6 Å². The van der Waals surface area contributed by atoms with E-state index in [-0.39, 0.29) is 0 Å².